The largest absolute Gasteiger partial charge is 0.409 e. The van der Waals surface area contributed by atoms with E-state index in [0.717, 1.165) is 30.6 Å². The molecule has 0 spiro atoms. The number of hydrogen-bond donors (Lipinski definition) is 0. The first-order valence-corrected chi connectivity index (χ1v) is 9.12. The number of hydrogen-bond acceptors (Lipinski definition) is 4. The van der Waals surface area contributed by atoms with Gasteiger partial charge in [0.2, 0.25) is 10.0 Å². The van der Waals surface area contributed by atoms with Crippen LogP contribution in [0.5, 0.6) is 0 Å². The fourth-order valence-corrected chi connectivity index (χ4v) is 4.24. The molecule has 0 unspecified atom stereocenters. The SMILES string of the molecule is CCN([C@H](c1cccc(Cl)c1)C(F)(F)F)S(=O)(=O)c1cncc(C#N)c1. The number of halogens is 4. The topological polar surface area (TPSA) is 74.1 Å². The Morgan fingerprint density at radius 3 is 2.54 bits per heavy atom. The van der Waals surface area contributed by atoms with Gasteiger partial charge < -0.3 is 0 Å². The Morgan fingerprint density at radius 2 is 2.00 bits per heavy atom. The Labute approximate surface area is 153 Å². The molecule has 0 radical (unpaired) electrons. The summed E-state index contributed by atoms with van der Waals surface area (Å²) in [5.74, 6) is 0. The highest BCUT2D eigenvalue weighted by molar-refractivity contribution is 7.89. The third-order valence-electron chi connectivity index (χ3n) is 3.52. The molecule has 26 heavy (non-hydrogen) atoms. The number of pyridine rings is 1. The molecule has 0 bridgehead atoms. The van der Waals surface area contributed by atoms with Gasteiger partial charge in [0, 0.05) is 24.0 Å². The van der Waals surface area contributed by atoms with Gasteiger partial charge in [0.15, 0.2) is 0 Å². The Hall–Kier alpha value is -2.15. The molecule has 0 saturated heterocycles. The van der Waals surface area contributed by atoms with Crippen molar-refractivity contribution < 1.29 is 21.6 Å². The zero-order valence-electron chi connectivity index (χ0n) is 13.4. The predicted octanol–water partition coefficient (Wildman–Crippen LogP) is 3.92. The molecule has 1 aromatic carbocycles. The maximum atomic E-state index is 13.7. The van der Waals surface area contributed by atoms with Gasteiger partial charge in [0.05, 0.1) is 5.56 Å². The molecule has 5 nitrogen and oxygen atoms in total. The molecule has 10 heteroatoms. The minimum atomic E-state index is -4.88. The van der Waals surface area contributed by atoms with Crippen molar-refractivity contribution in [3.63, 3.8) is 0 Å². The number of rotatable bonds is 5. The molecule has 0 N–H and O–H groups in total. The number of alkyl halides is 3. The quantitative estimate of drug-likeness (QED) is 0.758. The lowest BCUT2D eigenvalue weighted by Gasteiger charge is -2.31. The summed E-state index contributed by atoms with van der Waals surface area (Å²) in [6.07, 6.45) is -2.86. The lowest BCUT2D eigenvalue weighted by molar-refractivity contribution is -0.173. The monoisotopic (exact) mass is 403 g/mol. The average Bonchev–Trinajstić information content (AvgIpc) is 2.58. The summed E-state index contributed by atoms with van der Waals surface area (Å²) >= 11 is 5.78. The van der Waals surface area contributed by atoms with Gasteiger partial charge in [-0.15, -0.1) is 0 Å². The van der Waals surface area contributed by atoms with Crippen molar-refractivity contribution in [3.05, 3.63) is 58.9 Å². The van der Waals surface area contributed by atoms with E-state index >= 15 is 0 Å². The number of nitriles is 1. The molecule has 0 aliphatic carbocycles. The molecular weight excluding hydrogens is 391 g/mol. The van der Waals surface area contributed by atoms with Gasteiger partial charge in [-0.25, -0.2) is 8.42 Å². The fourth-order valence-electron chi connectivity index (χ4n) is 2.44. The van der Waals surface area contributed by atoms with Crippen molar-refractivity contribution >= 4 is 21.6 Å². The van der Waals surface area contributed by atoms with Crippen LogP contribution >= 0.6 is 11.6 Å². The van der Waals surface area contributed by atoms with Gasteiger partial charge in [-0.1, -0.05) is 30.7 Å². The number of benzene rings is 1. The first-order chi connectivity index (χ1) is 12.1. The maximum Gasteiger partial charge on any atom is 0.409 e. The molecule has 0 fully saturated rings. The highest BCUT2D eigenvalue weighted by Gasteiger charge is 2.48. The summed E-state index contributed by atoms with van der Waals surface area (Å²) in [6, 6.07) is 5.20. The van der Waals surface area contributed by atoms with Gasteiger partial charge in [-0.2, -0.15) is 22.7 Å². The van der Waals surface area contributed by atoms with Crippen LogP contribution in [0, 0.1) is 11.3 Å². The molecule has 0 aliphatic rings. The van der Waals surface area contributed by atoms with E-state index in [2.05, 4.69) is 4.98 Å². The molecule has 2 rings (SSSR count). The Bertz CT molecular complexity index is 942. The first-order valence-electron chi connectivity index (χ1n) is 7.30. The zero-order valence-corrected chi connectivity index (χ0v) is 15.0. The number of nitrogens with zero attached hydrogens (tertiary/aromatic N) is 3. The van der Waals surface area contributed by atoms with Crippen molar-refractivity contribution in [3.8, 4) is 6.07 Å². The van der Waals surface area contributed by atoms with Crippen LogP contribution < -0.4 is 0 Å². The molecule has 138 valence electrons. The van der Waals surface area contributed by atoms with Crippen molar-refractivity contribution in [2.45, 2.75) is 24.0 Å². The van der Waals surface area contributed by atoms with E-state index in [1.165, 1.54) is 19.1 Å². The molecule has 0 aliphatic heterocycles. The third kappa shape index (κ3) is 4.15. The van der Waals surface area contributed by atoms with E-state index in [1.54, 1.807) is 6.07 Å². The van der Waals surface area contributed by atoms with Crippen LogP contribution in [-0.2, 0) is 10.0 Å². The molecular formula is C16H13ClF3N3O2S. The van der Waals surface area contributed by atoms with Crippen LogP contribution in [0.15, 0.2) is 47.6 Å². The van der Waals surface area contributed by atoms with E-state index in [1.807, 2.05) is 0 Å². The summed E-state index contributed by atoms with van der Waals surface area (Å²) < 4.78 is 67.2. The van der Waals surface area contributed by atoms with Crippen LogP contribution in [0.2, 0.25) is 5.02 Å². The standard InChI is InChI=1S/C16H13ClF3N3O2S/c1-2-23(26(24,25)14-6-11(8-21)9-22-10-14)15(16(18,19)20)12-4-3-5-13(17)7-12/h3-7,9-10,15H,2H2,1H3/t15-/m1/s1. The van der Waals surface area contributed by atoms with Crippen LogP contribution in [0.3, 0.4) is 0 Å². The van der Waals surface area contributed by atoms with Crippen LogP contribution in [0.1, 0.15) is 24.1 Å². The van der Waals surface area contributed by atoms with Crippen molar-refractivity contribution in [1.29, 1.82) is 5.26 Å². The molecule has 1 atom stereocenters. The minimum Gasteiger partial charge on any atom is -0.262 e. The zero-order chi connectivity index (χ0) is 19.5. The summed E-state index contributed by atoms with van der Waals surface area (Å²) in [5.41, 5.74) is -0.381. The Morgan fingerprint density at radius 1 is 1.31 bits per heavy atom. The fraction of sp³-hybridized carbons (Fsp3) is 0.250. The molecule has 0 saturated carbocycles. The highest BCUT2D eigenvalue weighted by Crippen LogP contribution is 2.41. The van der Waals surface area contributed by atoms with Crippen LogP contribution in [0.4, 0.5) is 13.2 Å². The molecule has 1 aromatic heterocycles. The summed E-state index contributed by atoms with van der Waals surface area (Å²) in [7, 11) is -4.57. The van der Waals surface area contributed by atoms with E-state index < -0.39 is 33.7 Å². The second-order valence-electron chi connectivity index (χ2n) is 5.23. The average molecular weight is 404 g/mol. The Kier molecular flexibility index (Phi) is 5.91. The summed E-state index contributed by atoms with van der Waals surface area (Å²) in [4.78, 5) is 3.13. The molecule has 2 aromatic rings. The normalized spacial score (nSPS) is 13.4. The van der Waals surface area contributed by atoms with Gasteiger partial charge in [-0.3, -0.25) is 4.98 Å². The second-order valence-corrected chi connectivity index (χ2v) is 7.56. The number of aromatic nitrogens is 1. The summed E-state index contributed by atoms with van der Waals surface area (Å²) in [5, 5.41) is 8.93. The lowest BCUT2D eigenvalue weighted by Crippen LogP contribution is -2.42. The lowest BCUT2D eigenvalue weighted by atomic mass is 10.1. The van der Waals surface area contributed by atoms with Gasteiger partial charge in [0.25, 0.3) is 0 Å². The van der Waals surface area contributed by atoms with Crippen molar-refractivity contribution in [2.75, 3.05) is 6.54 Å². The van der Waals surface area contributed by atoms with Crippen LogP contribution in [0.25, 0.3) is 0 Å². The third-order valence-corrected chi connectivity index (χ3v) is 5.66. The predicted molar refractivity (Wildman–Crippen MR) is 88.8 cm³/mol. The van der Waals surface area contributed by atoms with Crippen molar-refractivity contribution in [2.24, 2.45) is 0 Å². The van der Waals surface area contributed by atoms with E-state index in [0.29, 0.717) is 4.31 Å². The summed E-state index contributed by atoms with van der Waals surface area (Å²) in [6.45, 7) is 0.845. The second kappa shape index (κ2) is 7.61. The maximum absolute atomic E-state index is 13.7. The van der Waals surface area contributed by atoms with E-state index in [9.17, 15) is 21.6 Å². The smallest absolute Gasteiger partial charge is 0.262 e. The minimum absolute atomic E-state index is 0.0540. The Balaban J connectivity index is 2.62. The van der Waals surface area contributed by atoms with Gasteiger partial charge >= 0.3 is 6.18 Å². The van der Waals surface area contributed by atoms with Gasteiger partial charge in [-0.05, 0) is 23.8 Å². The molecule has 1 heterocycles. The van der Waals surface area contributed by atoms with E-state index in [-0.39, 0.29) is 16.1 Å². The molecule has 0 amide bonds. The highest BCUT2D eigenvalue weighted by atomic mass is 35.5. The van der Waals surface area contributed by atoms with Crippen LogP contribution in [-0.4, -0.2) is 30.4 Å². The number of sulfonamides is 1. The first kappa shape index (κ1) is 20.2. The van der Waals surface area contributed by atoms with Crippen molar-refractivity contribution in [1.82, 2.24) is 9.29 Å². The van der Waals surface area contributed by atoms with Gasteiger partial charge in [0.1, 0.15) is 17.0 Å². The van der Waals surface area contributed by atoms with E-state index in [4.69, 9.17) is 16.9 Å².